The van der Waals surface area contributed by atoms with Gasteiger partial charge in [-0.25, -0.2) is 9.78 Å². The molecule has 1 aromatic rings. The molecule has 0 aliphatic rings. The summed E-state index contributed by atoms with van der Waals surface area (Å²) in [6, 6.07) is -10.2. The number of carbonyl (C=O) groups excluding carboxylic acids is 9. The zero-order valence-corrected chi connectivity index (χ0v) is 31.8. The van der Waals surface area contributed by atoms with Crippen LogP contribution in [0.25, 0.3) is 0 Å². The van der Waals surface area contributed by atoms with Crippen LogP contribution in [0.3, 0.4) is 0 Å². The molecule has 7 atom stereocenters. The van der Waals surface area contributed by atoms with Crippen LogP contribution in [0.15, 0.2) is 12.5 Å². The second kappa shape index (κ2) is 25.3. The molecule has 0 fully saturated rings. The summed E-state index contributed by atoms with van der Waals surface area (Å²) >= 11 is 3.90. The van der Waals surface area contributed by atoms with Crippen molar-refractivity contribution in [2.75, 3.05) is 25.4 Å². The molecule has 1 rings (SSSR count). The van der Waals surface area contributed by atoms with Crippen molar-refractivity contribution < 1.29 is 58.2 Å². The highest BCUT2D eigenvalue weighted by Gasteiger charge is 2.33. The number of nitrogens with zero attached hydrogens (tertiary/aromatic N) is 1. The molecule has 0 saturated carbocycles. The second-order valence-electron chi connectivity index (χ2n) is 12.5. The lowest BCUT2D eigenvalue weighted by Gasteiger charge is -2.25. The van der Waals surface area contributed by atoms with E-state index in [4.69, 9.17) is 22.9 Å². The molecule has 0 aliphatic carbocycles. The molecule has 57 heavy (non-hydrogen) atoms. The minimum absolute atomic E-state index is 0.0345. The summed E-state index contributed by atoms with van der Waals surface area (Å²) in [4.78, 5) is 132. The molecule has 0 unspecified atom stereocenters. The highest BCUT2D eigenvalue weighted by molar-refractivity contribution is 7.80. The molecule has 318 valence electrons. The molecule has 18 N–H and O–H groups in total. The van der Waals surface area contributed by atoms with Gasteiger partial charge in [-0.15, -0.1) is 0 Å². The first-order valence-electron chi connectivity index (χ1n) is 17.4. The van der Waals surface area contributed by atoms with E-state index in [-0.39, 0.29) is 25.1 Å². The molecule has 0 aromatic carbocycles. The van der Waals surface area contributed by atoms with Gasteiger partial charge in [0.15, 0.2) is 0 Å². The van der Waals surface area contributed by atoms with E-state index < -0.39 is 127 Å². The first-order chi connectivity index (χ1) is 26.8. The van der Waals surface area contributed by atoms with E-state index >= 15 is 0 Å². The number of amides is 9. The van der Waals surface area contributed by atoms with Crippen LogP contribution in [-0.4, -0.2) is 147 Å². The number of H-pyrrole nitrogens is 1. The lowest BCUT2D eigenvalue weighted by molar-refractivity contribution is -0.143. The number of thiol groups is 1. The number of unbranched alkanes of at least 4 members (excludes halogenated alkanes) is 1. The van der Waals surface area contributed by atoms with Gasteiger partial charge in [-0.05, 0) is 32.7 Å². The zero-order chi connectivity index (χ0) is 43.2. The third-order valence-corrected chi connectivity index (χ3v) is 8.19. The van der Waals surface area contributed by atoms with Crippen molar-refractivity contribution in [3.8, 4) is 0 Å². The fraction of sp³-hybridized carbons (Fsp3) is 0.581. The van der Waals surface area contributed by atoms with Crippen molar-refractivity contribution in [1.29, 1.82) is 0 Å². The third kappa shape index (κ3) is 18.6. The molecule has 0 saturated heterocycles. The van der Waals surface area contributed by atoms with Gasteiger partial charge in [0.25, 0.3) is 0 Å². The molecular formula is C31H51N13O12S. The standard InChI is InChI=1S/C31H51N13O12S/c1-14(25(49)41-18(6-15-9-36-13-38-15)28(52)44-21(11-45)31(55)56)39-24(48)10-37-27(51)17(4-2-3-5-32)40-29(53)20(8-23(35)47)43-30(54)19(7-22(34)46)42-26(50)16(33)12-57/h9,13-14,16-21,45,57H,2-8,10-12,32-33H2,1H3,(H2,34,46)(H2,35,47)(H,36,38)(H,37,51)(H,39,48)(H,40,53)(H,41,49)(H,42,50)(H,43,54)(H,44,52)(H,55,56)/t14-,16-,17-,18-,19-,20-,21-/m0/s1. The number of aliphatic hydroxyl groups excluding tert-OH is 1. The van der Waals surface area contributed by atoms with Gasteiger partial charge in [0.05, 0.1) is 38.4 Å². The van der Waals surface area contributed by atoms with Crippen LogP contribution in [0, 0.1) is 0 Å². The molecule has 0 bridgehead atoms. The Kier molecular flexibility index (Phi) is 21.8. The fourth-order valence-corrected chi connectivity index (χ4v) is 4.88. The molecule has 1 heterocycles. The second-order valence-corrected chi connectivity index (χ2v) is 12.9. The van der Waals surface area contributed by atoms with Crippen LogP contribution >= 0.6 is 12.6 Å². The monoisotopic (exact) mass is 829 g/mol. The summed E-state index contributed by atoms with van der Waals surface area (Å²) in [5.41, 5.74) is 22.0. The largest absolute Gasteiger partial charge is 0.480 e. The molecule has 1 aromatic heterocycles. The number of imidazole rings is 1. The van der Waals surface area contributed by atoms with Crippen LogP contribution in [0.2, 0.25) is 0 Å². The van der Waals surface area contributed by atoms with Gasteiger partial charge in [0.2, 0.25) is 53.2 Å². The van der Waals surface area contributed by atoms with Crippen LogP contribution in [0.5, 0.6) is 0 Å². The van der Waals surface area contributed by atoms with Crippen molar-refractivity contribution in [3.63, 3.8) is 0 Å². The smallest absolute Gasteiger partial charge is 0.328 e. The number of nitrogens with one attached hydrogen (secondary N) is 8. The first kappa shape index (κ1) is 49.2. The normalized spacial score (nSPS) is 14.5. The van der Waals surface area contributed by atoms with Gasteiger partial charge >= 0.3 is 5.97 Å². The highest BCUT2D eigenvalue weighted by Crippen LogP contribution is 2.05. The van der Waals surface area contributed by atoms with Gasteiger partial charge in [-0.2, -0.15) is 12.6 Å². The van der Waals surface area contributed by atoms with Crippen molar-refractivity contribution in [3.05, 3.63) is 18.2 Å². The zero-order valence-electron chi connectivity index (χ0n) is 30.9. The summed E-state index contributed by atoms with van der Waals surface area (Å²) in [6.45, 7) is -0.177. The van der Waals surface area contributed by atoms with Crippen LogP contribution in [-0.2, 0) is 54.4 Å². The number of hydrogen-bond donors (Lipinski definition) is 15. The molecule has 0 radical (unpaired) electrons. The first-order valence-corrected chi connectivity index (χ1v) is 18.0. The Hall–Kier alpha value is -5.86. The summed E-state index contributed by atoms with van der Waals surface area (Å²) in [5.74, 6) is -10.4. The summed E-state index contributed by atoms with van der Waals surface area (Å²) < 4.78 is 0. The van der Waals surface area contributed by atoms with E-state index in [1.165, 1.54) is 19.4 Å². The maximum atomic E-state index is 13.3. The lowest BCUT2D eigenvalue weighted by Crippen LogP contribution is -2.59. The van der Waals surface area contributed by atoms with E-state index in [0.29, 0.717) is 18.5 Å². The topological polar surface area (TPSA) is 428 Å². The van der Waals surface area contributed by atoms with E-state index in [2.05, 4.69) is 59.8 Å². The lowest BCUT2D eigenvalue weighted by atomic mass is 10.1. The molecule has 0 aliphatic heterocycles. The van der Waals surface area contributed by atoms with Crippen molar-refractivity contribution in [1.82, 2.24) is 47.2 Å². The number of aliphatic hydroxyl groups is 1. The Morgan fingerprint density at radius 3 is 1.77 bits per heavy atom. The van der Waals surface area contributed by atoms with E-state index in [0.717, 1.165) is 0 Å². The minimum Gasteiger partial charge on any atom is -0.480 e. The summed E-state index contributed by atoms with van der Waals surface area (Å²) in [7, 11) is 0. The van der Waals surface area contributed by atoms with Crippen molar-refractivity contribution in [2.45, 2.75) is 87.7 Å². The number of rotatable bonds is 27. The molecule has 9 amide bonds. The van der Waals surface area contributed by atoms with Gasteiger partial charge in [0, 0.05) is 24.1 Å². The number of primary amides is 2. The van der Waals surface area contributed by atoms with E-state index in [9.17, 15) is 58.2 Å². The summed E-state index contributed by atoms with van der Waals surface area (Å²) in [5, 5.41) is 34.4. The van der Waals surface area contributed by atoms with Gasteiger partial charge in [-0.3, -0.25) is 43.2 Å². The number of carbonyl (C=O) groups is 10. The average Bonchev–Trinajstić information content (AvgIpc) is 3.66. The van der Waals surface area contributed by atoms with E-state index in [1.54, 1.807) is 0 Å². The van der Waals surface area contributed by atoms with Crippen LogP contribution in [0.1, 0.15) is 44.7 Å². The Bertz CT molecular complexity index is 1580. The van der Waals surface area contributed by atoms with Crippen molar-refractivity contribution >= 4 is 71.8 Å². The minimum atomic E-state index is -1.72. The number of aromatic nitrogens is 2. The van der Waals surface area contributed by atoms with Crippen molar-refractivity contribution in [2.24, 2.45) is 22.9 Å². The Labute approximate surface area is 331 Å². The Morgan fingerprint density at radius 2 is 1.28 bits per heavy atom. The molecular weight excluding hydrogens is 778 g/mol. The SMILES string of the molecule is C[C@H](NC(=O)CNC(=O)[C@H](CCCCN)NC(=O)[C@H](CC(N)=O)NC(=O)[C@H](CC(N)=O)NC(=O)[C@@H](N)CS)C(=O)N[C@@H](Cc1cnc[nH]1)C(=O)N[C@@H](CO)C(=O)O. The number of aliphatic carboxylic acids is 1. The number of aromatic amines is 1. The van der Waals surface area contributed by atoms with Gasteiger partial charge < -0.3 is 75.3 Å². The average molecular weight is 830 g/mol. The molecule has 0 spiro atoms. The number of carboxylic acid groups (broad SMARTS) is 1. The van der Waals surface area contributed by atoms with Crippen LogP contribution < -0.4 is 60.2 Å². The maximum absolute atomic E-state index is 13.3. The number of carboxylic acids is 1. The quantitative estimate of drug-likeness (QED) is 0.0289. The molecule has 26 heteroatoms. The Balaban J connectivity index is 3.02. The fourth-order valence-electron chi connectivity index (χ4n) is 4.72. The van der Waals surface area contributed by atoms with Gasteiger partial charge in [0.1, 0.15) is 36.3 Å². The third-order valence-electron chi connectivity index (χ3n) is 7.79. The maximum Gasteiger partial charge on any atom is 0.328 e. The number of nitrogens with two attached hydrogens (primary N) is 4. The van der Waals surface area contributed by atoms with Gasteiger partial charge in [-0.1, -0.05) is 0 Å². The predicted molar refractivity (Wildman–Crippen MR) is 200 cm³/mol. The Morgan fingerprint density at radius 1 is 0.754 bits per heavy atom. The summed E-state index contributed by atoms with van der Waals surface area (Å²) in [6.07, 6.45) is 1.65. The van der Waals surface area contributed by atoms with E-state index in [1.807, 2.05) is 0 Å². The molecule has 25 nitrogen and oxygen atoms in total. The van der Waals surface area contributed by atoms with Crippen LogP contribution in [0.4, 0.5) is 0 Å². The number of hydrogen-bond acceptors (Lipinski definition) is 15. The predicted octanol–water partition coefficient (Wildman–Crippen LogP) is -7.79. The highest BCUT2D eigenvalue weighted by atomic mass is 32.1.